The number of benzene rings is 1. The van der Waals surface area contributed by atoms with Crippen molar-refractivity contribution in [1.29, 1.82) is 0 Å². The molecular formula is C16H16FNO3S. The molecule has 0 aliphatic carbocycles. The van der Waals surface area contributed by atoms with Crippen LogP contribution in [0, 0.1) is 12.7 Å². The molecule has 0 unspecified atom stereocenters. The number of carbonyl (C=O) groups is 1. The minimum atomic E-state index is -0.453. The number of nitrogens with zero attached hydrogens (tertiary/aromatic N) is 1. The average molecular weight is 321 g/mol. The molecule has 0 saturated heterocycles. The molecule has 0 spiro atoms. The van der Waals surface area contributed by atoms with Crippen molar-refractivity contribution >= 4 is 22.9 Å². The molecule has 22 heavy (non-hydrogen) atoms. The van der Waals surface area contributed by atoms with Crippen LogP contribution in [-0.2, 0) is 9.53 Å². The van der Waals surface area contributed by atoms with E-state index in [1.54, 1.807) is 19.1 Å². The number of aryl methyl sites for hydroxylation is 1. The maximum absolute atomic E-state index is 13.9. The van der Waals surface area contributed by atoms with Gasteiger partial charge in [-0.05, 0) is 37.6 Å². The van der Waals surface area contributed by atoms with Crippen LogP contribution < -0.4 is 4.74 Å². The molecule has 0 atom stereocenters. The number of allylic oxidation sites excluding steroid dienone is 1. The lowest BCUT2D eigenvalue weighted by Gasteiger charge is -2.06. The molecule has 1 aromatic heterocycles. The van der Waals surface area contributed by atoms with Gasteiger partial charge in [-0.15, -0.1) is 11.3 Å². The third kappa shape index (κ3) is 3.33. The highest BCUT2D eigenvalue weighted by Gasteiger charge is 2.15. The van der Waals surface area contributed by atoms with Crippen LogP contribution in [0.2, 0.25) is 0 Å². The van der Waals surface area contributed by atoms with Crippen LogP contribution in [0.1, 0.15) is 16.8 Å². The lowest BCUT2D eigenvalue weighted by Crippen LogP contribution is -1.96. The molecule has 0 amide bonds. The van der Waals surface area contributed by atoms with Crippen molar-refractivity contribution in [3.05, 3.63) is 40.0 Å². The summed E-state index contributed by atoms with van der Waals surface area (Å²) in [5.74, 6) is -0.708. The minimum Gasteiger partial charge on any atom is -0.494 e. The highest BCUT2D eigenvalue weighted by atomic mass is 32.1. The third-order valence-electron chi connectivity index (χ3n) is 3.05. The first-order chi connectivity index (χ1) is 10.5. The van der Waals surface area contributed by atoms with Gasteiger partial charge in [0.2, 0.25) is 0 Å². The summed E-state index contributed by atoms with van der Waals surface area (Å²) in [6.45, 7) is 3.66. The van der Waals surface area contributed by atoms with Gasteiger partial charge in [0.15, 0.2) is 11.6 Å². The van der Waals surface area contributed by atoms with Gasteiger partial charge in [0.1, 0.15) is 0 Å². The van der Waals surface area contributed by atoms with Crippen LogP contribution in [0.25, 0.3) is 16.8 Å². The van der Waals surface area contributed by atoms with Gasteiger partial charge in [-0.1, -0.05) is 0 Å². The topological polar surface area (TPSA) is 48.4 Å². The Kier molecular flexibility index (Phi) is 4.92. The predicted octanol–water partition coefficient (Wildman–Crippen LogP) is 3.84. The zero-order valence-electron chi connectivity index (χ0n) is 12.8. The lowest BCUT2D eigenvalue weighted by atomic mass is 10.1. The quantitative estimate of drug-likeness (QED) is 0.634. The Bertz CT molecular complexity index is 737. The first-order valence-corrected chi connectivity index (χ1v) is 7.36. The second-order valence-corrected chi connectivity index (χ2v) is 5.81. The molecule has 0 N–H and O–H groups in total. The number of halogens is 1. The van der Waals surface area contributed by atoms with Gasteiger partial charge in [0.25, 0.3) is 0 Å². The first kappa shape index (κ1) is 16.2. The third-order valence-corrected chi connectivity index (χ3v) is 4.16. The van der Waals surface area contributed by atoms with Crippen molar-refractivity contribution in [2.24, 2.45) is 0 Å². The molecule has 0 fully saturated rings. The number of thiazole rings is 1. The van der Waals surface area contributed by atoms with E-state index in [0.29, 0.717) is 11.3 Å². The normalized spacial score (nSPS) is 11.4. The molecule has 1 heterocycles. The smallest absolute Gasteiger partial charge is 0.330 e. The molecular weight excluding hydrogens is 305 g/mol. The Morgan fingerprint density at radius 1 is 1.36 bits per heavy atom. The fraction of sp³-hybridized carbons (Fsp3) is 0.250. The summed E-state index contributed by atoms with van der Waals surface area (Å²) < 4.78 is 23.5. The summed E-state index contributed by atoms with van der Waals surface area (Å²) in [6, 6.07) is 4.68. The molecule has 2 rings (SSSR count). The highest BCUT2D eigenvalue weighted by molar-refractivity contribution is 7.13. The van der Waals surface area contributed by atoms with Crippen LogP contribution in [0.5, 0.6) is 5.75 Å². The molecule has 6 heteroatoms. The second kappa shape index (κ2) is 6.70. The van der Waals surface area contributed by atoms with E-state index in [4.69, 9.17) is 4.74 Å². The fourth-order valence-electron chi connectivity index (χ4n) is 2.00. The number of rotatable bonds is 4. The van der Waals surface area contributed by atoms with Crippen LogP contribution in [0.3, 0.4) is 0 Å². The van der Waals surface area contributed by atoms with Crippen molar-refractivity contribution in [3.8, 4) is 17.0 Å². The van der Waals surface area contributed by atoms with Crippen molar-refractivity contribution in [2.75, 3.05) is 14.2 Å². The van der Waals surface area contributed by atoms with Gasteiger partial charge in [-0.3, -0.25) is 0 Å². The molecule has 116 valence electrons. The molecule has 0 radical (unpaired) electrons. The molecule has 0 aliphatic rings. The van der Waals surface area contributed by atoms with E-state index in [2.05, 4.69) is 9.72 Å². The molecule has 0 bridgehead atoms. The van der Waals surface area contributed by atoms with E-state index in [9.17, 15) is 9.18 Å². The van der Waals surface area contributed by atoms with Crippen LogP contribution in [-0.4, -0.2) is 25.2 Å². The Morgan fingerprint density at radius 3 is 2.68 bits per heavy atom. The van der Waals surface area contributed by atoms with E-state index in [1.807, 2.05) is 6.92 Å². The monoisotopic (exact) mass is 321 g/mol. The van der Waals surface area contributed by atoms with Crippen LogP contribution in [0.4, 0.5) is 4.39 Å². The second-order valence-electron chi connectivity index (χ2n) is 4.61. The van der Waals surface area contributed by atoms with Crippen molar-refractivity contribution in [2.45, 2.75) is 13.8 Å². The van der Waals surface area contributed by atoms with Gasteiger partial charge in [-0.2, -0.15) is 0 Å². The Balaban J connectivity index is 2.51. The van der Waals surface area contributed by atoms with E-state index >= 15 is 0 Å². The predicted molar refractivity (Wildman–Crippen MR) is 84.5 cm³/mol. The summed E-state index contributed by atoms with van der Waals surface area (Å²) in [4.78, 5) is 16.7. The van der Waals surface area contributed by atoms with Crippen LogP contribution in [0.15, 0.2) is 24.3 Å². The number of hydrogen-bond donors (Lipinski definition) is 0. The molecule has 4 nitrogen and oxygen atoms in total. The van der Waals surface area contributed by atoms with Crippen molar-refractivity contribution in [1.82, 2.24) is 4.98 Å². The number of aromatic nitrogens is 1. The van der Waals surface area contributed by atoms with Crippen LogP contribution >= 0.6 is 11.3 Å². The minimum absolute atomic E-state index is 0.180. The highest BCUT2D eigenvalue weighted by Crippen LogP contribution is 2.34. The van der Waals surface area contributed by atoms with Crippen molar-refractivity contribution < 1.29 is 18.7 Å². The van der Waals surface area contributed by atoms with Gasteiger partial charge in [0.05, 0.1) is 29.8 Å². The Labute approximate surface area is 132 Å². The maximum atomic E-state index is 13.9. The van der Waals surface area contributed by atoms with Crippen molar-refractivity contribution in [3.63, 3.8) is 0 Å². The van der Waals surface area contributed by atoms with E-state index in [0.717, 1.165) is 15.5 Å². The summed E-state index contributed by atoms with van der Waals surface area (Å²) >= 11 is 1.44. The van der Waals surface area contributed by atoms with E-state index < -0.39 is 11.8 Å². The summed E-state index contributed by atoms with van der Waals surface area (Å²) in [6.07, 6.45) is 1.40. The Hall–Kier alpha value is -2.21. The van der Waals surface area contributed by atoms with Gasteiger partial charge in [0, 0.05) is 11.6 Å². The number of methoxy groups -OCH3 is 2. The SMILES string of the molecule is COC(=O)/C=C(\C)c1sc(C)nc1-c1ccc(OC)c(F)c1. The lowest BCUT2D eigenvalue weighted by molar-refractivity contribution is -0.134. The van der Waals surface area contributed by atoms with Gasteiger partial charge >= 0.3 is 5.97 Å². The summed E-state index contributed by atoms with van der Waals surface area (Å²) in [5.41, 5.74) is 2.00. The van der Waals surface area contributed by atoms with E-state index in [1.165, 1.54) is 37.7 Å². The Morgan fingerprint density at radius 2 is 2.09 bits per heavy atom. The van der Waals surface area contributed by atoms with Gasteiger partial charge in [-0.25, -0.2) is 14.2 Å². The largest absolute Gasteiger partial charge is 0.494 e. The standard InChI is InChI=1S/C16H16FNO3S/c1-9(7-14(19)21-4)16-15(18-10(2)22-16)11-5-6-13(20-3)12(17)8-11/h5-8H,1-4H3/b9-7+. The number of ether oxygens (including phenoxy) is 2. The summed E-state index contributed by atoms with van der Waals surface area (Å²) in [5, 5.41) is 0.832. The molecule has 1 aromatic carbocycles. The zero-order chi connectivity index (χ0) is 16.3. The molecule has 2 aromatic rings. The number of esters is 1. The maximum Gasteiger partial charge on any atom is 0.330 e. The molecule has 0 saturated carbocycles. The van der Waals surface area contributed by atoms with E-state index in [-0.39, 0.29) is 5.75 Å². The fourth-order valence-corrected chi connectivity index (χ4v) is 2.92. The number of hydrogen-bond acceptors (Lipinski definition) is 5. The average Bonchev–Trinajstić information content (AvgIpc) is 2.89. The first-order valence-electron chi connectivity index (χ1n) is 6.54. The number of carbonyl (C=O) groups excluding carboxylic acids is 1. The summed E-state index contributed by atoms with van der Waals surface area (Å²) in [7, 11) is 2.74. The molecule has 0 aliphatic heterocycles. The zero-order valence-corrected chi connectivity index (χ0v) is 13.6. The van der Waals surface area contributed by atoms with Gasteiger partial charge < -0.3 is 9.47 Å².